The number of nitro benzene ring substituents is 1. The molecule has 1 saturated heterocycles. The van der Waals surface area contributed by atoms with Crippen molar-refractivity contribution in [2.75, 3.05) is 38.2 Å². The average Bonchev–Trinajstić information content (AvgIpc) is 2.67. The maximum absolute atomic E-state index is 11.5. The first kappa shape index (κ1) is 18.8. The summed E-state index contributed by atoms with van der Waals surface area (Å²) >= 11 is 0. The van der Waals surface area contributed by atoms with Crippen molar-refractivity contribution in [3.05, 3.63) is 33.9 Å². The van der Waals surface area contributed by atoms with Crippen molar-refractivity contribution in [2.45, 2.75) is 44.6 Å². The average molecular weight is 362 g/mol. The standard InChI is InChI=1S/C19H27N3O4/c1-15(23)16-5-6-17(18(13-16)22(24)25)20-14-19(7-3-2-4-8-19)21-9-11-26-12-10-21/h5-6,13,20H,2-4,7-12,14H2,1H3/p+1. The van der Waals surface area contributed by atoms with E-state index in [0.717, 1.165) is 39.1 Å². The summed E-state index contributed by atoms with van der Waals surface area (Å²) in [5.74, 6) is -0.166. The van der Waals surface area contributed by atoms with Crippen LogP contribution in [0.3, 0.4) is 0 Å². The number of nitro groups is 1. The quantitative estimate of drug-likeness (QED) is 0.458. The number of carbonyl (C=O) groups is 1. The van der Waals surface area contributed by atoms with Crippen molar-refractivity contribution in [3.8, 4) is 0 Å². The summed E-state index contributed by atoms with van der Waals surface area (Å²) in [5, 5.41) is 14.8. The Morgan fingerprint density at radius 1 is 1.27 bits per heavy atom. The Morgan fingerprint density at radius 3 is 2.58 bits per heavy atom. The minimum atomic E-state index is -0.413. The monoisotopic (exact) mass is 362 g/mol. The molecule has 1 aliphatic heterocycles. The number of nitrogens with zero attached hydrogens (tertiary/aromatic N) is 1. The zero-order valence-corrected chi connectivity index (χ0v) is 15.4. The Hall–Kier alpha value is -1.99. The lowest BCUT2D eigenvalue weighted by molar-refractivity contribution is -0.959. The number of anilines is 1. The smallest absolute Gasteiger partial charge is 0.293 e. The second-order valence-corrected chi connectivity index (χ2v) is 7.46. The molecule has 0 unspecified atom stereocenters. The van der Waals surface area contributed by atoms with Crippen LogP contribution in [0.25, 0.3) is 0 Å². The lowest BCUT2D eigenvalue weighted by Crippen LogP contribution is -3.22. The van der Waals surface area contributed by atoms with E-state index in [1.807, 2.05) is 0 Å². The van der Waals surface area contributed by atoms with E-state index in [9.17, 15) is 14.9 Å². The van der Waals surface area contributed by atoms with Crippen LogP contribution in [0, 0.1) is 10.1 Å². The SMILES string of the molecule is CC(=O)c1ccc(NCC2([NH+]3CCOCC3)CCCCC2)c([N+](=O)[O-])c1. The summed E-state index contributed by atoms with van der Waals surface area (Å²) in [6.45, 7) is 5.68. The van der Waals surface area contributed by atoms with Crippen LogP contribution < -0.4 is 10.2 Å². The number of Topliss-reactive ketones (excluding diaryl/α,β-unsaturated/α-hetero) is 1. The molecular formula is C19H28N3O4+. The van der Waals surface area contributed by atoms with Gasteiger partial charge in [0, 0.05) is 24.5 Å². The highest BCUT2D eigenvalue weighted by molar-refractivity contribution is 5.95. The van der Waals surface area contributed by atoms with Crippen molar-refractivity contribution in [1.29, 1.82) is 0 Å². The molecule has 142 valence electrons. The molecule has 1 saturated carbocycles. The second-order valence-electron chi connectivity index (χ2n) is 7.46. The fraction of sp³-hybridized carbons (Fsp3) is 0.632. The lowest BCUT2D eigenvalue weighted by Gasteiger charge is -2.45. The maximum Gasteiger partial charge on any atom is 0.293 e. The van der Waals surface area contributed by atoms with Crippen LogP contribution in [0.5, 0.6) is 0 Å². The van der Waals surface area contributed by atoms with Crippen LogP contribution in [0.2, 0.25) is 0 Å². The molecule has 2 fully saturated rings. The number of benzene rings is 1. The molecular weight excluding hydrogens is 334 g/mol. The van der Waals surface area contributed by atoms with Crippen molar-refractivity contribution < 1.29 is 19.4 Å². The van der Waals surface area contributed by atoms with Gasteiger partial charge in [-0.2, -0.15) is 0 Å². The summed E-state index contributed by atoms with van der Waals surface area (Å²) in [5.41, 5.74) is 0.946. The third-order valence-corrected chi connectivity index (χ3v) is 5.88. The van der Waals surface area contributed by atoms with Gasteiger partial charge in [-0.15, -0.1) is 0 Å². The molecule has 7 nitrogen and oxygen atoms in total. The fourth-order valence-electron chi connectivity index (χ4n) is 4.35. The largest absolute Gasteiger partial charge is 0.373 e. The fourth-order valence-corrected chi connectivity index (χ4v) is 4.35. The van der Waals surface area contributed by atoms with Crippen molar-refractivity contribution in [2.24, 2.45) is 0 Å². The lowest BCUT2D eigenvalue weighted by atomic mass is 9.79. The number of hydrogen-bond acceptors (Lipinski definition) is 5. The summed E-state index contributed by atoms with van der Waals surface area (Å²) < 4.78 is 5.52. The highest BCUT2D eigenvalue weighted by atomic mass is 16.6. The van der Waals surface area contributed by atoms with Gasteiger partial charge in [0.2, 0.25) is 0 Å². The van der Waals surface area contributed by atoms with E-state index < -0.39 is 4.92 Å². The van der Waals surface area contributed by atoms with E-state index in [1.165, 1.54) is 32.3 Å². The molecule has 1 aromatic carbocycles. The van der Waals surface area contributed by atoms with Gasteiger partial charge >= 0.3 is 0 Å². The number of ketones is 1. The molecule has 1 aliphatic carbocycles. The van der Waals surface area contributed by atoms with Gasteiger partial charge in [-0.3, -0.25) is 14.9 Å². The first-order valence-electron chi connectivity index (χ1n) is 9.48. The normalized spacial score (nSPS) is 20.5. The van der Waals surface area contributed by atoms with Gasteiger partial charge in [0.05, 0.1) is 24.7 Å². The first-order valence-corrected chi connectivity index (χ1v) is 9.48. The van der Waals surface area contributed by atoms with E-state index in [1.54, 1.807) is 17.0 Å². The number of morpholine rings is 1. The Labute approximate surface area is 153 Å². The summed E-state index contributed by atoms with van der Waals surface area (Å²) in [6, 6.07) is 4.70. The molecule has 7 heteroatoms. The molecule has 0 atom stereocenters. The minimum Gasteiger partial charge on any atom is -0.373 e. The van der Waals surface area contributed by atoms with Gasteiger partial charge in [0.1, 0.15) is 24.3 Å². The van der Waals surface area contributed by atoms with Crippen LogP contribution in [-0.4, -0.2) is 49.1 Å². The number of carbonyl (C=O) groups excluding carboxylic acids is 1. The summed E-state index contributed by atoms with van der Waals surface area (Å²) in [6.07, 6.45) is 5.94. The number of hydrogen-bond donors (Lipinski definition) is 2. The Balaban J connectivity index is 1.80. The summed E-state index contributed by atoms with van der Waals surface area (Å²) in [4.78, 5) is 24.1. The van der Waals surface area contributed by atoms with E-state index >= 15 is 0 Å². The van der Waals surface area contributed by atoms with Crippen LogP contribution in [0.1, 0.15) is 49.4 Å². The predicted molar refractivity (Wildman–Crippen MR) is 98.9 cm³/mol. The molecule has 0 aromatic heterocycles. The highest BCUT2D eigenvalue weighted by Crippen LogP contribution is 2.30. The zero-order valence-electron chi connectivity index (χ0n) is 15.4. The van der Waals surface area contributed by atoms with Crippen molar-refractivity contribution in [3.63, 3.8) is 0 Å². The third-order valence-electron chi connectivity index (χ3n) is 5.88. The topological polar surface area (TPSA) is 85.9 Å². The third kappa shape index (κ3) is 4.04. The molecule has 1 aromatic rings. The molecule has 3 rings (SSSR count). The van der Waals surface area contributed by atoms with E-state index in [0.29, 0.717) is 17.8 Å². The molecule has 2 aliphatic rings. The molecule has 0 radical (unpaired) electrons. The molecule has 26 heavy (non-hydrogen) atoms. The number of nitrogens with one attached hydrogen (secondary N) is 2. The highest BCUT2D eigenvalue weighted by Gasteiger charge is 2.42. The Bertz CT molecular complexity index is 665. The van der Waals surface area contributed by atoms with Gasteiger partial charge in [-0.25, -0.2) is 0 Å². The Morgan fingerprint density at radius 2 is 1.96 bits per heavy atom. The molecule has 1 heterocycles. The van der Waals surface area contributed by atoms with Crippen LogP contribution in [-0.2, 0) is 4.74 Å². The van der Waals surface area contributed by atoms with Crippen LogP contribution in [0.15, 0.2) is 18.2 Å². The van der Waals surface area contributed by atoms with Gasteiger partial charge in [0.15, 0.2) is 5.78 Å². The van der Waals surface area contributed by atoms with E-state index in [4.69, 9.17) is 4.74 Å². The molecule has 0 bridgehead atoms. The van der Waals surface area contributed by atoms with E-state index in [2.05, 4.69) is 5.32 Å². The van der Waals surface area contributed by atoms with Gasteiger partial charge in [0.25, 0.3) is 5.69 Å². The molecule has 0 amide bonds. The number of rotatable bonds is 6. The second kappa shape index (κ2) is 8.14. The first-order chi connectivity index (χ1) is 12.5. The maximum atomic E-state index is 11.5. The minimum absolute atomic E-state index is 0.0272. The molecule has 0 spiro atoms. The Kier molecular flexibility index (Phi) is 5.88. The molecule has 2 N–H and O–H groups in total. The van der Waals surface area contributed by atoms with Gasteiger partial charge in [-0.05, 0) is 31.9 Å². The van der Waals surface area contributed by atoms with E-state index in [-0.39, 0.29) is 17.0 Å². The van der Waals surface area contributed by atoms with Crippen LogP contribution in [0.4, 0.5) is 11.4 Å². The number of ether oxygens (including phenoxy) is 1. The van der Waals surface area contributed by atoms with Crippen molar-refractivity contribution in [1.82, 2.24) is 0 Å². The zero-order chi connectivity index (χ0) is 18.6. The van der Waals surface area contributed by atoms with Crippen molar-refractivity contribution >= 4 is 17.2 Å². The number of quaternary nitrogens is 1. The predicted octanol–water partition coefficient (Wildman–Crippen LogP) is 1.83. The van der Waals surface area contributed by atoms with Gasteiger partial charge < -0.3 is 15.0 Å². The van der Waals surface area contributed by atoms with Crippen LogP contribution >= 0.6 is 0 Å². The van der Waals surface area contributed by atoms with Gasteiger partial charge in [-0.1, -0.05) is 6.42 Å². The summed E-state index contributed by atoms with van der Waals surface area (Å²) in [7, 11) is 0.